The number of fused-ring (bicyclic) bond motifs is 2. The normalized spacial score (nSPS) is 12.6. The molecule has 0 heterocycles. The van der Waals surface area contributed by atoms with Gasteiger partial charge in [0.05, 0.1) is 10.6 Å². The highest BCUT2D eigenvalue weighted by atomic mass is 35.5. The summed E-state index contributed by atoms with van der Waals surface area (Å²) in [6, 6.07) is 19.9. The molecule has 158 valence electrons. The highest BCUT2D eigenvalue weighted by Crippen LogP contribution is 2.33. The minimum atomic E-state index is -0.586. The fraction of sp³-hybridized carbons (Fsp3) is 0.222. The predicted molar refractivity (Wildman–Crippen MR) is 125 cm³/mol. The largest absolute Gasteiger partial charge is 0.341 e. The van der Waals surface area contributed by atoms with E-state index in [4.69, 9.17) is 11.6 Å². The number of carbonyl (C=O) groups excluding carboxylic acids is 1. The second kappa shape index (κ2) is 9.07. The molecule has 0 bridgehead atoms. The third-order valence-corrected chi connectivity index (χ3v) is 6.42. The smallest absolute Gasteiger partial charge is 0.258 e. The molecule has 31 heavy (non-hydrogen) atoms. The summed E-state index contributed by atoms with van der Waals surface area (Å²) >= 11 is 6.22. The van der Waals surface area contributed by atoms with E-state index in [1.54, 1.807) is 20.0 Å². The number of hydrogen-bond donors (Lipinski definition) is 0. The Morgan fingerprint density at radius 3 is 2.19 bits per heavy atom. The molecule has 0 saturated heterocycles. The number of rotatable bonds is 4. The fourth-order valence-corrected chi connectivity index (χ4v) is 4.42. The Morgan fingerprint density at radius 1 is 1.00 bits per heavy atom. The molecule has 2 nitrogen and oxygen atoms in total. The van der Waals surface area contributed by atoms with E-state index in [0.29, 0.717) is 18.5 Å². The molecule has 3 aromatic rings. The van der Waals surface area contributed by atoms with E-state index >= 15 is 0 Å². The van der Waals surface area contributed by atoms with Gasteiger partial charge in [0.25, 0.3) is 5.91 Å². The summed E-state index contributed by atoms with van der Waals surface area (Å²) in [6.45, 7) is 2.24. The Labute approximate surface area is 188 Å². The quantitative estimate of drug-likeness (QED) is 0.461. The van der Waals surface area contributed by atoms with Crippen molar-refractivity contribution in [3.8, 4) is 0 Å². The van der Waals surface area contributed by atoms with E-state index in [-0.39, 0.29) is 10.6 Å². The van der Waals surface area contributed by atoms with Crippen LogP contribution in [-0.2, 0) is 12.8 Å². The van der Waals surface area contributed by atoms with Crippen molar-refractivity contribution < 1.29 is 9.18 Å². The first-order chi connectivity index (χ1) is 15.0. The third kappa shape index (κ3) is 4.28. The van der Waals surface area contributed by atoms with Gasteiger partial charge in [0, 0.05) is 13.6 Å². The van der Waals surface area contributed by atoms with Crippen LogP contribution >= 0.6 is 11.6 Å². The van der Waals surface area contributed by atoms with Crippen LogP contribution in [0.1, 0.15) is 44.6 Å². The lowest BCUT2D eigenvalue weighted by atomic mass is 9.93. The number of aryl methyl sites for hydroxylation is 3. The van der Waals surface area contributed by atoms with Crippen LogP contribution in [0, 0.1) is 12.7 Å². The molecule has 4 heteroatoms. The summed E-state index contributed by atoms with van der Waals surface area (Å²) in [5, 5.41) is 0.182. The standard InChI is InChI=1S/C27H25ClFNO/c1-18-13-16-24(29)25(26(18)28)27(31)30(2)17-7-12-23-21-10-5-3-8-19(21)14-15-20-9-4-6-11-22(20)23/h3-6,8-13,16H,7,14-15,17H2,1-2H3. The van der Waals surface area contributed by atoms with Gasteiger partial charge in [-0.25, -0.2) is 4.39 Å². The molecule has 0 spiro atoms. The van der Waals surface area contributed by atoms with E-state index in [2.05, 4.69) is 54.6 Å². The van der Waals surface area contributed by atoms with Crippen molar-refractivity contribution in [3.05, 3.63) is 111 Å². The Bertz CT molecular complexity index is 1120. The number of nitrogens with zero attached hydrogens (tertiary/aromatic N) is 1. The van der Waals surface area contributed by atoms with Gasteiger partial charge in [-0.15, -0.1) is 0 Å². The highest BCUT2D eigenvalue weighted by molar-refractivity contribution is 6.34. The molecule has 0 N–H and O–H groups in total. The molecule has 0 unspecified atom stereocenters. The van der Waals surface area contributed by atoms with Crippen molar-refractivity contribution in [3.63, 3.8) is 0 Å². The minimum absolute atomic E-state index is 0.0537. The molecule has 1 aliphatic carbocycles. The first kappa shape index (κ1) is 21.3. The van der Waals surface area contributed by atoms with E-state index in [9.17, 15) is 9.18 Å². The highest BCUT2D eigenvalue weighted by Gasteiger charge is 2.21. The molecular weight excluding hydrogens is 409 g/mol. The lowest BCUT2D eigenvalue weighted by Gasteiger charge is -2.19. The molecule has 0 atom stereocenters. The first-order valence-electron chi connectivity index (χ1n) is 10.5. The average molecular weight is 434 g/mol. The van der Waals surface area contributed by atoms with Crippen LogP contribution in [0.15, 0.2) is 66.7 Å². The van der Waals surface area contributed by atoms with Crippen LogP contribution in [0.4, 0.5) is 4.39 Å². The molecule has 1 aliphatic rings. The van der Waals surface area contributed by atoms with Crippen LogP contribution in [0.3, 0.4) is 0 Å². The average Bonchev–Trinajstić information content (AvgIpc) is 2.94. The predicted octanol–water partition coefficient (Wildman–Crippen LogP) is 6.48. The lowest BCUT2D eigenvalue weighted by molar-refractivity contribution is 0.0793. The van der Waals surface area contributed by atoms with Crippen molar-refractivity contribution in [2.24, 2.45) is 0 Å². The number of halogens is 2. The molecule has 3 aromatic carbocycles. The summed E-state index contributed by atoms with van der Waals surface area (Å²) in [6.07, 6.45) is 4.87. The van der Waals surface area contributed by atoms with Crippen LogP contribution in [0.2, 0.25) is 5.02 Å². The zero-order valence-electron chi connectivity index (χ0n) is 17.8. The molecular formula is C27H25ClFNO. The van der Waals surface area contributed by atoms with Gasteiger partial charge < -0.3 is 4.90 Å². The van der Waals surface area contributed by atoms with Gasteiger partial charge >= 0.3 is 0 Å². The Kier molecular flexibility index (Phi) is 6.24. The topological polar surface area (TPSA) is 20.3 Å². The van der Waals surface area contributed by atoms with Crippen molar-refractivity contribution in [1.29, 1.82) is 0 Å². The molecule has 0 aliphatic heterocycles. The number of amides is 1. The van der Waals surface area contributed by atoms with E-state index in [1.807, 2.05) is 0 Å². The van der Waals surface area contributed by atoms with Gasteiger partial charge in [-0.2, -0.15) is 0 Å². The van der Waals surface area contributed by atoms with Gasteiger partial charge in [0.15, 0.2) is 0 Å². The molecule has 0 fully saturated rings. The lowest BCUT2D eigenvalue weighted by Crippen LogP contribution is -2.28. The van der Waals surface area contributed by atoms with Gasteiger partial charge in [-0.05, 0) is 65.6 Å². The SMILES string of the molecule is Cc1ccc(F)c(C(=O)N(C)CCC=C2c3ccccc3CCc3ccccc32)c1Cl. The van der Waals surface area contributed by atoms with Crippen LogP contribution in [0.25, 0.3) is 5.57 Å². The maximum absolute atomic E-state index is 14.3. The number of benzene rings is 3. The molecule has 1 amide bonds. The summed E-state index contributed by atoms with van der Waals surface area (Å²) in [4.78, 5) is 14.4. The summed E-state index contributed by atoms with van der Waals surface area (Å²) < 4.78 is 14.3. The van der Waals surface area contributed by atoms with E-state index in [0.717, 1.165) is 12.8 Å². The monoisotopic (exact) mass is 433 g/mol. The fourth-order valence-electron chi connectivity index (χ4n) is 4.18. The Balaban J connectivity index is 1.60. The summed E-state index contributed by atoms with van der Waals surface area (Å²) in [7, 11) is 1.69. The summed E-state index contributed by atoms with van der Waals surface area (Å²) in [5.74, 6) is -0.983. The molecule has 0 aromatic heterocycles. The zero-order valence-corrected chi connectivity index (χ0v) is 18.5. The first-order valence-corrected chi connectivity index (χ1v) is 10.9. The van der Waals surface area contributed by atoms with E-state index in [1.165, 1.54) is 38.8 Å². The maximum Gasteiger partial charge on any atom is 0.258 e. The van der Waals surface area contributed by atoms with Crippen molar-refractivity contribution in [2.45, 2.75) is 26.2 Å². The van der Waals surface area contributed by atoms with Crippen LogP contribution in [-0.4, -0.2) is 24.4 Å². The Morgan fingerprint density at radius 2 is 1.58 bits per heavy atom. The van der Waals surface area contributed by atoms with Gasteiger partial charge in [-0.3, -0.25) is 4.79 Å². The van der Waals surface area contributed by atoms with Gasteiger partial charge in [0.2, 0.25) is 0 Å². The maximum atomic E-state index is 14.3. The number of carbonyl (C=O) groups is 1. The molecule has 0 radical (unpaired) electrons. The van der Waals surface area contributed by atoms with Gasteiger partial charge in [-0.1, -0.05) is 72.3 Å². The second-order valence-electron chi connectivity index (χ2n) is 8.00. The molecule has 4 rings (SSSR count). The third-order valence-electron chi connectivity index (χ3n) is 5.94. The second-order valence-corrected chi connectivity index (χ2v) is 8.38. The van der Waals surface area contributed by atoms with E-state index < -0.39 is 11.7 Å². The zero-order chi connectivity index (χ0) is 22.0. The van der Waals surface area contributed by atoms with Gasteiger partial charge in [0.1, 0.15) is 5.82 Å². The van der Waals surface area contributed by atoms with Crippen molar-refractivity contribution in [1.82, 2.24) is 4.90 Å². The number of hydrogen-bond acceptors (Lipinski definition) is 1. The van der Waals surface area contributed by atoms with Crippen molar-refractivity contribution in [2.75, 3.05) is 13.6 Å². The summed E-state index contributed by atoms with van der Waals surface area (Å²) in [5.41, 5.74) is 6.99. The van der Waals surface area contributed by atoms with Crippen LogP contribution in [0.5, 0.6) is 0 Å². The van der Waals surface area contributed by atoms with Crippen LogP contribution < -0.4 is 0 Å². The molecule has 0 saturated carbocycles. The van der Waals surface area contributed by atoms with Crippen molar-refractivity contribution >= 4 is 23.1 Å². The minimum Gasteiger partial charge on any atom is -0.341 e. The Hall–Kier alpha value is -2.91.